The Morgan fingerprint density at radius 2 is 1.60 bits per heavy atom. The van der Waals surface area contributed by atoms with Crippen LogP contribution in [0.4, 0.5) is 5.69 Å². The number of fused-ring (bicyclic) bond motifs is 1. The molecule has 8 nitrogen and oxygen atoms in total. The van der Waals surface area contributed by atoms with Gasteiger partial charge in [-0.1, -0.05) is 30.7 Å². The van der Waals surface area contributed by atoms with Crippen molar-refractivity contribution < 1.29 is 13.2 Å². The highest BCUT2D eigenvalue weighted by atomic mass is 32.2. The fourth-order valence-electron chi connectivity index (χ4n) is 3.89. The lowest BCUT2D eigenvalue weighted by Gasteiger charge is -2.26. The molecule has 0 atom stereocenters. The number of amides is 1. The van der Waals surface area contributed by atoms with Crippen LogP contribution in [0.3, 0.4) is 0 Å². The monoisotopic (exact) mass is 428 g/mol. The Kier molecular flexibility index (Phi) is 5.48. The molecule has 30 heavy (non-hydrogen) atoms. The van der Waals surface area contributed by atoms with Gasteiger partial charge < -0.3 is 5.32 Å². The summed E-state index contributed by atoms with van der Waals surface area (Å²) >= 11 is 0. The molecule has 3 aromatic rings. The summed E-state index contributed by atoms with van der Waals surface area (Å²) in [5, 5.41) is 2.69. The Morgan fingerprint density at radius 1 is 0.967 bits per heavy atom. The number of piperidine rings is 1. The van der Waals surface area contributed by atoms with Gasteiger partial charge in [-0.2, -0.15) is 4.31 Å². The molecule has 0 aliphatic carbocycles. The van der Waals surface area contributed by atoms with Gasteiger partial charge in [0.2, 0.25) is 15.9 Å². The minimum absolute atomic E-state index is 0.0746. The van der Waals surface area contributed by atoms with E-state index in [1.807, 2.05) is 12.1 Å². The first-order valence-corrected chi connectivity index (χ1v) is 11.4. The number of benzene rings is 2. The maximum absolute atomic E-state index is 13.1. The van der Waals surface area contributed by atoms with Gasteiger partial charge in [-0.15, -0.1) is 0 Å². The maximum atomic E-state index is 13.1. The number of hydrogen-bond donors (Lipinski definition) is 1. The smallest absolute Gasteiger partial charge is 0.323 e. The number of anilines is 1. The lowest BCUT2D eigenvalue weighted by Crippen LogP contribution is -2.36. The Balaban J connectivity index is 1.61. The molecule has 2 aromatic carbocycles. The number of carbonyl (C=O) groups excluding carboxylic acids is 1. The van der Waals surface area contributed by atoms with Crippen LogP contribution in [-0.4, -0.2) is 40.9 Å². The minimum atomic E-state index is -3.70. The fraction of sp³-hybridized carbons (Fsp3) is 0.333. The molecule has 2 heterocycles. The van der Waals surface area contributed by atoms with Crippen molar-refractivity contribution in [3.8, 4) is 0 Å². The third-order valence-electron chi connectivity index (χ3n) is 5.45. The van der Waals surface area contributed by atoms with Gasteiger partial charge in [-0.05, 0) is 37.1 Å². The highest BCUT2D eigenvalue weighted by Gasteiger charge is 2.28. The number of rotatable bonds is 5. The molecular formula is C21H24N4O4S. The van der Waals surface area contributed by atoms with Gasteiger partial charge in [0.15, 0.2) is 0 Å². The van der Waals surface area contributed by atoms with E-state index in [1.165, 1.54) is 19.5 Å². The van der Waals surface area contributed by atoms with Crippen molar-refractivity contribution in [3.05, 3.63) is 59.0 Å². The molecule has 0 bridgehead atoms. The van der Waals surface area contributed by atoms with Crippen LogP contribution in [-0.2, 0) is 28.4 Å². The molecule has 0 spiro atoms. The van der Waals surface area contributed by atoms with Crippen molar-refractivity contribution in [3.63, 3.8) is 0 Å². The summed E-state index contributed by atoms with van der Waals surface area (Å²) in [4.78, 5) is 25.4. The van der Waals surface area contributed by atoms with Crippen LogP contribution in [0.1, 0.15) is 19.3 Å². The number of hydrogen-bond acceptors (Lipinski definition) is 4. The zero-order valence-electron chi connectivity index (χ0n) is 16.7. The number of nitrogens with zero attached hydrogens (tertiary/aromatic N) is 3. The van der Waals surface area contributed by atoms with Crippen LogP contribution in [0.25, 0.3) is 11.0 Å². The SMILES string of the molecule is Cn1c(=O)n(CC(=O)Nc2ccccc2S(=O)(=O)N2CCCCC2)c2ccccc21. The van der Waals surface area contributed by atoms with Crippen LogP contribution in [0.5, 0.6) is 0 Å². The van der Waals surface area contributed by atoms with Gasteiger partial charge >= 0.3 is 5.69 Å². The van der Waals surface area contributed by atoms with Crippen LogP contribution in [0, 0.1) is 0 Å². The number of imidazole rings is 1. The number of sulfonamides is 1. The van der Waals surface area contributed by atoms with Crippen molar-refractivity contribution in [2.75, 3.05) is 18.4 Å². The number of aromatic nitrogens is 2. The first-order chi connectivity index (χ1) is 14.4. The molecule has 9 heteroatoms. The van der Waals surface area contributed by atoms with E-state index < -0.39 is 15.9 Å². The van der Waals surface area contributed by atoms with Crippen LogP contribution >= 0.6 is 0 Å². The second kappa shape index (κ2) is 8.08. The third-order valence-corrected chi connectivity index (χ3v) is 7.40. The largest absolute Gasteiger partial charge is 0.329 e. The van der Waals surface area contributed by atoms with Gasteiger partial charge in [0.1, 0.15) is 11.4 Å². The predicted molar refractivity (Wildman–Crippen MR) is 115 cm³/mol. The molecule has 1 saturated heterocycles. The van der Waals surface area contributed by atoms with Gasteiger partial charge in [-0.25, -0.2) is 13.2 Å². The standard InChI is InChI=1S/C21H24N4O4S/c1-23-17-10-4-5-11-18(17)25(21(23)27)15-20(26)22-16-9-3-6-12-19(16)30(28,29)24-13-7-2-8-14-24/h3-6,9-12H,2,7-8,13-15H2,1H3,(H,22,26). The molecule has 0 radical (unpaired) electrons. The van der Waals surface area contributed by atoms with E-state index in [0.717, 1.165) is 24.8 Å². The van der Waals surface area contributed by atoms with Gasteiger partial charge in [-0.3, -0.25) is 13.9 Å². The molecule has 1 aliphatic rings. The molecule has 0 saturated carbocycles. The molecule has 1 amide bonds. The van der Waals surface area contributed by atoms with E-state index in [0.29, 0.717) is 18.6 Å². The van der Waals surface area contributed by atoms with E-state index in [4.69, 9.17) is 0 Å². The highest BCUT2D eigenvalue weighted by molar-refractivity contribution is 7.89. The zero-order valence-corrected chi connectivity index (χ0v) is 17.6. The van der Waals surface area contributed by atoms with Crippen molar-refractivity contribution >= 4 is 32.7 Å². The summed E-state index contributed by atoms with van der Waals surface area (Å²) in [5.41, 5.74) is 1.29. The maximum Gasteiger partial charge on any atom is 0.329 e. The van der Waals surface area contributed by atoms with E-state index >= 15 is 0 Å². The molecule has 0 unspecified atom stereocenters. The van der Waals surface area contributed by atoms with E-state index in [2.05, 4.69) is 5.32 Å². The van der Waals surface area contributed by atoms with Crippen molar-refractivity contribution in [2.24, 2.45) is 7.05 Å². The third kappa shape index (κ3) is 3.66. The fourth-order valence-corrected chi connectivity index (χ4v) is 5.55. The van der Waals surface area contributed by atoms with Gasteiger partial charge in [0.25, 0.3) is 0 Å². The highest BCUT2D eigenvalue weighted by Crippen LogP contribution is 2.27. The number of nitrogens with one attached hydrogen (secondary N) is 1. The quantitative estimate of drug-likeness (QED) is 0.674. The van der Waals surface area contributed by atoms with Gasteiger partial charge in [0, 0.05) is 20.1 Å². The molecule has 1 aromatic heterocycles. The molecule has 158 valence electrons. The van der Waals surface area contributed by atoms with E-state index in [1.54, 1.807) is 37.4 Å². The average molecular weight is 429 g/mol. The number of aryl methyl sites for hydroxylation is 1. The Morgan fingerprint density at radius 3 is 2.33 bits per heavy atom. The molecule has 1 fully saturated rings. The Hall–Kier alpha value is -2.91. The Labute approximate surface area is 174 Å². The molecular weight excluding hydrogens is 404 g/mol. The van der Waals surface area contributed by atoms with Crippen molar-refractivity contribution in [1.82, 2.24) is 13.4 Å². The lowest BCUT2D eigenvalue weighted by atomic mass is 10.2. The van der Waals surface area contributed by atoms with E-state index in [9.17, 15) is 18.0 Å². The minimum Gasteiger partial charge on any atom is -0.323 e. The number of carbonyl (C=O) groups is 1. The lowest BCUT2D eigenvalue weighted by molar-refractivity contribution is -0.116. The predicted octanol–water partition coefficient (Wildman–Crippen LogP) is 2.15. The first-order valence-electron chi connectivity index (χ1n) is 9.93. The number of para-hydroxylation sites is 3. The van der Waals surface area contributed by atoms with Crippen LogP contribution in [0.2, 0.25) is 0 Å². The summed E-state index contributed by atoms with van der Waals surface area (Å²) in [6.45, 7) is 0.754. The van der Waals surface area contributed by atoms with E-state index in [-0.39, 0.29) is 22.8 Å². The average Bonchev–Trinajstić information content (AvgIpc) is 3.00. The first kappa shape index (κ1) is 20.4. The topological polar surface area (TPSA) is 93.4 Å². The second-order valence-electron chi connectivity index (χ2n) is 7.43. The summed E-state index contributed by atoms with van der Waals surface area (Å²) in [5.74, 6) is -0.463. The normalized spacial score (nSPS) is 15.4. The summed E-state index contributed by atoms with van der Waals surface area (Å²) in [6.07, 6.45) is 2.68. The Bertz CT molecular complexity index is 1250. The summed E-state index contributed by atoms with van der Waals surface area (Å²) in [7, 11) is -2.05. The molecule has 4 rings (SSSR count). The molecule has 1 N–H and O–H groups in total. The van der Waals surface area contributed by atoms with Crippen molar-refractivity contribution in [1.29, 1.82) is 0 Å². The van der Waals surface area contributed by atoms with Crippen molar-refractivity contribution in [2.45, 2.75) is 30.7 Å². The summed E-state index contributed by atoms with van der Waals surface area (Å²) in [6, 6.07) is 13.6. The van der Waals surface area contributed by atoms with Gasteiger partial charge in [0.05, 0.1) is 16.7 Å². The second-order valence-corrected chi connectivity index (χ2v) is 9.33. The van der Waals surface area contributed by atoms with Crippen LogP contribution in [0.15, 0.2) is 58.2 Å². The zero-order chi connectivity index (χ0) is 21.3. The van der Waals surface area contributed by atoms with Crippen LogP contribution < -0.4 is 11.0 Å². The summed E-state index contributed by atoms with van der Waals surface area (Å²) < 4.78 is 30.5. The molecule has 1 aliphatic heterocycles.